The van der Waals surface area contributed by atoms with Crippen molar-refractivity contribution in [1.29, 1.82) is 0 Å². The Bertz CT molecular complexity index is 554. The highest BCUT2D eigenvalue weighted by Gasteiger charge is 2.08. The molecule has 19 heavy (non-hydrogen) atoms. The molecule has 0 fully saturated rings. The van der Waals surface area contributed by atoms with Crippen LogP contribution in [0, 0.1) is 11.7 Å². The Morgan fingerprint density at radius 3 is 2.84 bits per heavy atom. The zero-order chi connectivity index (χ0) is 13.8. The molecule has 2 aromatic rings. The van der Waals surface area contributed by atoms with Crippen LogP contribution in [0.2, 0.25) is 0 Å². The monoisotopic (exact) mass is 280 g/mol. The lowest BCUT2D eigenvalue weighted by Gasteiger charge is -2.05. The Morgan fingerprint density at radius 1 is 1.42 bits per heavy atom. The van der Waals surface area contributed by atoms with Crippen molar-refractivity contribution in [3.63, 3.8) is 0 Å². The molecule has 102 valence electrons. The fourth-order valence-electron chi connectivity index (χ4n) is 1.60. The number of aromatic nitrogens is 1. The smallest absolute Gasteiger partial charge is 0.183 e. The molecular formula is C14H17FN2OS. The lowest BCUT2D eigenvalue weighted by molar-refractivity contribution is 0.386. The number of halogens is 1. The lowest BCUT2D eigenvalue weighted by atomic mass is 10.1. The van der Waals surface area contributed by atoms with E-state index in [-0.39, 0.29) is 11.6 Å². The molecule has 0 amide bonds. The molecule has 1 N–H and O–H groups in total. The van der Waals surface area contributed by atoms with Crippen molar-refractivity contribution in [2.75, 3.05) is 19.0 Å². The van der Waals surface area contributed by atoms with E-state index in [4.69, 9.17) is 4.74 Å². The molecule has 0 saturated carbocycles. The summed E-state index contributed by atoms with van der Waals surface area (Å²) in [5, 5.41) is 6.04. The van der Waals surface area contributed by atoms with Gasteiger partial charge in [-0.25, -0.2) is 9.37 Å². The molecule has 0 atom stereocenters. The predicted molar refractivity (Wildman–Crippen MR) is 77.4 cm³/mol. The van der Waals surface area contributed by atoms with Gasteiger partial charge in [0.05, 0.1) is 12.8 Å². The maximum absolute atomic E-state index is 13.6. The highest BCUT2D eigenvalue weighted by Crippen LogP contribution is 2.28. The summed E-state index contributed by atoms with van der Waals surface area (Å²) in [5.74, 6) is 0.438. The fourth-order valence-corrected chi connectivity index (χ4v) is 2.33. The molecule has 3 nitrogen and oxygen atoms in total. The van der Waals surface area contributed by atoms with E-state index < -0.39 is 0 Å². The van der Waals surface area contributed by atoms with Crippen molar-refractivity contribution in [3.8, 4) is 17.0 Å². The highest BCUT2D eigenvalue weighted by molar-refractivity contribution is 7.14. The van der Waals surface area contributed by atoms with E-state index >= 15 is 0 Å². The molecule has 0 aliphatic rings. The molecular weight excluding hydrogens is 263 g/mol. The Hall–Kier alpha value is -1.62. The Balaban J connectivity index is 2.16. The number of methoxy groups -OCH3 is 1. The van der Waals surface area contributed by atoms with Gasteiger partial charge in [-0.2, -0.15) is 0 Å². The summed E-state index contributed by atoms with van der Waals surface area (Å²) in [7, 11) is 1.45. The van der Waals surface area contributed by atoms with Crippen LogP contribution in [0.3, 0.4) is 0 Å². The highest BCUT2D eigenvalue weighted by atomic mass is 32.1. The molecule has 0 spiro atoms. The van der Waals surface area contributed by atoms with E-state index in [9.17, 15) is 4.39 Å². The van der Waals surface area contributed by atoms with Gasteiger partial charge < -0.3 is 10.1 Å². The van der Waals surface area contributed by atoms with Crippen LogP contribution >= 0.6 is 11.3 Å². The van der Waals surface area contributed by atoms with Gasteiger partial charge >= 0.3 is 0 Å². The van der Waals surface area contributed by atoms with Gasteiger partial charge in [-0.1, -0.05) is 13.8 Å². The molecule has 2 rings (SSSR count). The topological polar surface area (TPSA) is 34.1 Å². The van der Waals surface area contributed by atoms with Crippen LogP contribution in [0.15, 0.2) is 23.6 Å². The predicted octanol–water partition coefficient (Wildman–Crippen LogP) is 4.03. The van der Waals surface area contributed by atoms with E-state index in [1.807, 2.05) is 11.4 Å². The van der Waals surface area contributed by atoms with Crippen LogP contribution in [0.5, 0.6) is 5.75 Å². The number of rotatable bonds is 5. The summed E-state index contributed by atoms with van der Waals surface area (Å²) < 4.78 is 18.5. The van der Waals surface area contributed by atoms with E-state index in [1.165, 1.54) is 24.5 Å². The number of ether oxygens (including phenoxy) is 1. The van der Waals surface area contributed by atoms with Gasteiger partial charge in [0.2, 0.25) is 0 Å². The maximum atomic E-state index is 13.6. The van der Waals surface area contributed by atoms with Crippen LogP contribution in [0.4, 0.5) is 9.52 Å². The van der Waals surface area contributed by atoms with E-state index in [1.54, 1.807) is 6.07 Å². The minimum atomic E-state index is -0.371. The molecule has 0 unspecified atom stereocenters. The number of nitrogens with zero attached hydrogens (tertiary/aromatic N) is 1. The van der Waals surface area contributed by atoms with E-state index in [0.717, 1.165) is 22.9 Å². The summed E-state index contributed by atoms with van der Waals surface area (Å²) in [4.78, 5) is 4.45. The average Bonchev–Trinajstić information content (AvgIpc) is 2.85. The minimum absolute atomic E-state index is 0.247. The molecule has 0 aliphatic heterocycles. The van der Waals surface area contributed by atoms with Crippen molar-refractivity contribution in [1.82, 2.24) is 4.98 Å². The first-order valence-electron chi connectivity index (χ1n) is 6.13. The van der Waals surface area contributed by atoms with Crippen molar-refractivity contribution in [2.24, 2.45) is 5.92 Å². The molecule has 0 aliphatic carbocycles. The Morgan fingerprint density at radius 2 is 2.21 bits per heavy atom. The summed E-state index contributed by atoms with van der Waals surface area (Å²) in [6.07, 6.45) is 0. The van der Waals surface area contributed by atoms with Gasteiger partial charge in [-0.3, -0.25) is 0 Å². The van der Waals surface area contributed by atoms with Crippen molar-refractivity contribution in [2.45, 2.75) is 13.8 Å². The molecule has 1 heterocycles. The second-order valence-electron chi connectivity index (χ2n) is 4.66. The number of thiazole rings is 1. The van der Waals surface area contributed by atoms with E-state index in [0.29, 0.717) is 5.92 Å². The summed E-state index contributed by atoms with van der Waals surface area (Å²) >= 11 is 1.53. The fraction of sp³-hybridized carbons (Fsp3) is 0.357. The van der Waals surface area contributed by atoms with Crippen molar-refractivity contribution >= 4 is 16.5 Å². The molecule has 1 aromatic heterocycles. The lowest BCUT2D eigenvalue weighted by Crippen LogP contribution is -2.07. The standard InChI is InChI=1S/C14H17FN2OS/c1-9(2)7-16-14-17-12(8-19-14)10-4-5-13(18-3)11(15)6-10/h4-6,8-9H,7H2,1-3H3,(H,16,17). The van der Waals surface area contributed by atoms with Crippen LogP contribution in [0.25, 0.3) is 11.3 Å². The van der Waals surface area contributed by atoms with Crippen LogP contribution < -0.4 is 10.1 Å². The van der Waals surface area contributed by atoms with Crippen molar-refractivity contribution in [3.05, 3.63) is 29.4 Å². The first-order valence-corrected chi connectivity index (χ1v) is 7.01. The Kier molecular flexibility index (Phi) is 4.37. The second-order valence-corrected chi connectivity index (χ2v) is 5.52. The van der Waals surface area contributed by atoms with Crippen molar-refractivity contribution < 1.29 is 9.13 Å². The number of benzene rings is 1. The van der Waals surface area contributed by atoms with Gasteiger partial charge in [-0.15, -0.1) is 11.3 Å². The summed E-state index contributed by atoms with van der Waals surface area (Å²) in [6.45, 7) is 5.16. The third-order valence-electron chi connectivity index (χ3n) is 2.61. The molecule has 1 aromatic carbocycles. The van der Waals surface area contributed by atoms with Crippen LogP contribution in [-0.4, -0.2) is 18.6 Å². The zero-order valence-electron chi connectivity index (χ0n) is 11.2. The molecule has 5 heteroatoms. The third-order valence-corrected chi connectivity index (χ3v) is 3.41. The quantitative estimate of drug-likeness (QED) is 0.898. The zero-order valence-corrected chi connectivity index (χ0v) is 12.1. The van der Waals surface area contributed by atoms with Gasteiger partial charge in [0.25, 0.3) is 0 Å². The SMILES string of the molecule is COc1ccc(-c2csc(NCC(C)C)n2)cc1F. The largest absolute Gasteiger partial charge is 0.494 e. The first kappa shape index (κ1) is 13.8. The number of anilines is 1. The maximum Gasteiger partial charge on any atom is 0.183 e. The van der Waals surface area contributed by atoms with Gasteiger partial charge in [0, 0.05) is 17.5 Å². The van der Waals surface area contributed by atoms with Gasteiger partial charge in [0.15, 0.2) is 16.7 Å². The average molecular weight is 280 g/mol. The normalized spacial score (nSPS) is 10.8. The van der Waals surface area contributed by atoms with Gasteiger partial charge in [-0.05, 0) is 24.1 Å². The van der Waals surface area contributed by atoms with Gasteiger partial charge in [0.1, 0.15) is 0 Å². The number of hydrogen-bond acceptors (Lipinski definition) is 4. The molecule has 0 radical (unpaired) electrons. The first-order chi connectivity index (χ1) is 9.10. The summed E-state index contributed by atoms with van der Waals surface area (Å²) in [6, 6.07) is 4.87. The third kappa shape index (κ3) is 3.44. The van der Waals surface area contributed by atoms with Crippen LogP contribution in [0.1, 0.15) is 13.8 Å². The summed E-state index contributed by atoms with van der Waals surface area (Å²) in [5.41, 5.74) is 1.53. The minimum Gasteiger partial charge on any atom is -0.494 e. The Labute approximate surface area is 116 Å². The second kappa shape index (κ2) is 6.02. The van der Waals surface area contributed by atoms with Crippen LogP contribution in [-0.2, 0) is 0 Å². The molecule has 0 saturated heterocycles. The van der Waals surface area contributed by atoms with E-state index in [2.05, 4.69) is 24.1 Å². The molecule has 0 bridgehead atoms. The number of hydrogen-bond donors (Lipinski definition) is 1. The number of nitrogens with one attached hydrogen (secondary N) is 1.